The van der Waals surface area contributed by atoms with Crippen LogP contribution in [0.2, 0.25) is 0 Å². The monoisotopic (exact) mass is 282 g/mol. The Morgan fingerprint density at radius 1 is 1.38 bits per heavy atom. The van der Waals surface area contributed by atoms with Crippen LogP contribution in [0.25, 0.3) is 0 Å². The Morgan fingerprint density at radius 2 is 2.00 bits per heavy atom. The predicted molar refractivity (Wildman–Crippen MR) is 66.6 cm³/mol. The number of esters is 1. The molecule has 0 amide bonds. The molecular formula is C13H15BrO2. The summed E-state index contributed by atoms with van der Waals surface area (Å²) in [6.07, 6.45) is 3.01. The van der Waals surface area contributed by atoms with Gasteiger partial charge in [0.1, 0.15) is 10.9 Å². The van der Waals surface area contributed by atoms with E-state index in [2.05, 4.69) is 47.1 Å². The molecule has 1 fully saturated rings. The normalized spacial score (nSPS) is 17.6. The van der Waals surface area contributed by atoms with Gasteiger partial charge in [0.2, 0.25) is 0 Å². The summed E-state index contributed by atoms with van der Waals surface area (Å²) in [5.41, 5.74) is 2.00. The second-order valence-electron chi connectivity index (χ2n) is 4.32. The number of ether oxygens (including phenoxy) is 1. The maximum Gasteiger partial charge on any atom is 0.317 e. The molecule has 2 rings (SSSR count). The number of halogens is 1. The number of carbonyl (C=O) groups excluding carboxylic acids is 1. The third kappa shape index (κ3) is 2.14. The van der Waals surface area contributed by atoms with Gasteiger partial charge in [0.05, 0.1) is 0 Å². The number of rotatable bonds is 3. The van der Waals surface area contributed by atoms with Crippen molar-refractivity contribution in [1.29, 1.82) is 0 Å². The Morgan fingerprint density at radius 3 is 2.44 bits per heavy atom. The van der Waals surface area contributed by atoms with Crippen molar-refractivity contribution in [2.45, 2.75) is 31.8 Å². The van der Waals surface area contributed by atoms with Crippen molar-refractivity contribution in [2.24, 2.45) is 0 Å². The third-order valence-electron chi connectivity index (χ3n) is 3.16. The summed E-state index contributed by atoms with van der Waals surface area (Å²) < 4.78 is 5.56. The minimum absolute atomic E-state index is 0.180. The van der Waals surface area contributed by atoms with Gasteiger partial charge in [-0.15, -0.1) is 0 Å². The van der Waals surface area contributed by atoms with E-state index in [-0.39, 0.29) is 16.9 Å². The third-order valence-corrected chi connectivity index (χ3v) is 3.62. The van der Waals surface area contributed by atoms with Gasteiger partial charge in [0.25, 0.3) is 0 Å². The highest BCUT2D eigenvalue weighted by atomic mass is 79.9. The van der Waals surface area contributed by atoms with E-state index in [0.717, 1.165) is 24.8 Å². The van der Waals surface area contributed by atoms with Crippen LogP contribution >= 0.6 is 15.9 Å². The van der Waals surface area contributed by atoms with Gasteiger partial charge in [-0.25, -0.2) is 0 Å². The average Bonchev–Trinajstić information content (AvgIpc) is 2.24. The van der Waals surface area contributed by atoms with Gasteiger partial charge in [-0.05, 0) is 31.7 Å². The van der Waals surface area contributed by atoms with Gasteiger partial charge in [0.15, 0.2) is 0 Å². The molecule has 3 heteroatoms. The zero-order valence-electron chi connectivity index (χ0n) is 9.33. The van der Waals surface area contributed by atoms with E-state index in [4.69, 9.17) is 4.74 Å². The van der Waals surface area contributed by atoms with Gasteiger partial charge >= 0.3 is 5.97 Å². The summed E-state index contributed by atoms with van der Waals surface area (Å²) in [5, 5.41) is 0.264. The lowest BCUT2D eigenvalue weighted by molar-refractivity contribution is -0.168. The highest BCUT2D eigenvalue weighted by molar-refractivity contribution is 9.09. The number of hydrogen-bond acceptors (Lipinski definition) is 2. The average molecular weight is 283 g/mol. The predicted octanol–water partition coefficient (Wildman–Crippen LogP) is 3.31. The fourth-order valence-electron chi connectivity index (χ4n) is 2.05. The van der Waals surface area contributed by atoms with Crippen molar-refractivity contribution in [1.82, 2.24) is 0 Å². The minimum atomic E-state index is -0.349. The van der Waals surface area contributed by atoms with Crippen LogP contribution in [0.1, 0.15) is 30.4 Å². The number of benzene rings is 1. The molecule has 0 radical (unpaired) electrons. The molecule has 0 aliphatic heterocycles. The summed E-state index contributed by atoms with van der Waals surface area (Å²) in [6, 6.07) is 8.26. The molecule has 0 unspecified atom stereocenters. The van der Waals surface area contributed by atoms with Crippen LogP contribution in [-0.2, 0) is 15.1 Å². The lowest BCUT2D eigenvalue weighted by Crippen LogP contribution is -2.39. The fourth-order valence-corrected chi connectivity index (χ4v) is 2.16. The largest absolute Gasteiger partial charge is 0.454 e. The van der Waals surface area contributed by atoms with E-state index in [1.54, 1.807) is 0 Å². The molecule has 0 atom stereocenters. The molecule has 86 valence electrons. The van der Waals surface area contributed by atoms with Crippen molar-refractivity contribution in [2.75, 3.05) is 5.33 Å². The molecule has 0 spiro atoms. The Kier molecular flexibility index (Phi) is 3.33. The summed E-state index contributed by atoms with van der Waals surface area (Å²) in [6.45, 7) is 2.06. The molecule has 0 saturated heterocycles. The van der Waals surface area contributed by atoms with Crippen LogP contribution in [0.3, 0.4) is 0 Å². The molecular weight excluding hydrogens is 268 g/mol. The van der Waals surface area contributed by atoms with Crippen LogP contribution in [0.4, 0.5) is 0 Å². The van der Waals surface area contributed by atoms with E-state index < -0.39 is 0 Å². The Labute approximate surface area is 104 Å². The smallest absolute Gasteiger partial charge is 0.317 e. The van der Waals surface area contributed by atoms with Crippen LogP contribution < -0.4 is 0 Å². The zero-order chi connectivity index (χ0) is 11.6. The van der Waals surface area contributed by atoms with Crippen LogP contribution in [0.5, 0.6) is 0 Å². The van der Waals surface area contributed by atoms with Crippen LogP contribution in [0, 0.1) is 6.92 Å². The van der Waals surface area contributed by atoms with Crippen LogP contribution in [0.15, 0.2) is 24.3 Å². The Balaban J connectivity index is 2.21. The highest BCUT2D eigenvalue weighted by Gasteiger charge is 2.42. The van der Waals surface area contributed by atoms with Crippen molar-refractivity contribution in [3.05, 3.63) is 35.4 Å². The second-order valence-corrected chi connectivity index (χ2v) is 4.88. The quantitative estimate of drug-likeness (QED) is 0.628. The summed E-state index contributed by atoms with van der Waals surface area (Å²) >= 11 is 3.13. The number of alkyl halides is 1. The first-order valence-electron chi connectivity index (χ1n) is 5.51. The molecule has 16 heavy (non-hydrogen) atoms. The Bertz CT molecular complexity index is 379. The topological polar surface area (TPSA) is 26.3 Å². The summed E-state index contributed by atoms with van der Waals surface area (Å²) in [5.74, 6) is -0.180. The molecule has 0 heterocycles. The molecule has 0 bridgehead atoms. The lowest BCUT2D eigenvalue weighted by Gasteiger charge is -2.41. The maximum atomic E-state index is 11.4. The fraction of sp³-hybridized carbons (Fsp3) is 0.462. The van der Waals surface area contributed by atoms with E-state index >= 15 is 0 Å². The van der Waals surface area contributed by atoms with E-state index in [1.165, 1.54) is 5.56 Å². The van der Waals surface area contributed by atoms with Gasteiger partial charge in [0, 0.05) is 0 Å². The summed E-state index contributed by atoms with van der Waals surface area (Å²) in [4.78, 5) is 11.4. The minimum Gasteiger partial charge on any atom is -0.454 e. The van der Waals surface area contributed by atoms with E-state index in [1.807, 2.05) is 0 Å². The molecule has 1 saturated carbocycles. The summed E-state index contributed by atoms with van der Waals surface area (Å²) in [7, 11) is 0. The van der Waals surface area contributed by atoms with Crippen molar-refractivity contribution >= 4 is 21.9 Å². The second kappa shape index (κ2) is 4.58. The van der Waals surface area contributed by atoms with Crippen molar-refractivity contribution < 1.29 is 9.53 Å². The molecule has 1 aromatic carbocycles. The number of aryl methyl sites for hydroxylation is 1. The molecule has 1 aliphatic carbocycles. The first kappa shape index (κ1) is 11.6. The highest BCUT2D eigenvalue weighted by Crippen LogP contribution is 2.44. The van der Waals surface area contributed by atoms with Gasteiger partial charge in [-0.3, -0.25) is 4.79 Å². The van der Waals surface area contributed by atoms with Crippen LogP contribution in [-0.4, -0.2) is 11.3 Å². The van der Waals surface area contributed by atoms with Crippen molar-refractivity contribution in [3.63, 3.8) is 0 Å². The molecule has 2 nitrogen and oxygen atoms in total. The van der Waals surface area contributed by atoms with E-state index in [0.29, 0.717) is 0 Å². The standard InChI is InChI=1S/C13H15BrO2/c1-10-3-5-11(6-4-10)13(7-2-8-13)16-12(15)9-14/h3-6H,2,7-9H2,1H3. The molecule has 1 aromatic rings. The molecule has 0 aromatic heterocycles. The van der Waals surface area contributed by atoms with Gasteiger partial charge < -0.3 is 4.74 Å². The number of hydrogen-bond donors (Lipinski definition) is 0. The van der Waals surface area contributed by atoms with Crippen molar-refractivity contribution in [3.8, 4) is 0 Å². The first-order valence-corrected chi connectivity index (χ1v) is 6.63. The van der Waals surface area contributed by atoms with Gasteiger partial charge in [-0.1, -0.05) is 45.8 Å². The first-order chi connectivity index (χ1) is 7.66. The zero-order valence-corrected chi connectivity index (χ0v) is 10.9. The maximum absolute atomic E-state index is 11.4. The SMILES string of the molecule is Cc1ccc(C2(OC(=O)CBr)CCC2)cc1. The molecule has 1 aliphatic rings. The van der Waals surface area contributed by atoms with E-state index in [9.17, 15) is 4.79 Å². The lowest BCUT2D eigenvalue weighted by atomic mass is 9.74. The van der Waals surface area contributed by atoms with Gasteiger partial charge in [-0.2, -0.15) is 0 Å². The number of carbonyl (C=O) groups is 1. The molecule has 0 N–H and O–H groups in total. The Hall–Kier alpha value is -0.830.